The predicted octanol–water partition coefficient (Wildman–Crippen LogP) is 2.75. The molecule has 5 atom stereocenters. The van der Waals surface area contributed by atoms with E-state index in [0.717, 1.165) is 49.8 Å². The minimum Gasteiger partial charge on any atom is -0.480 e. The Kier molecular flexibility index (Phi) is 15.4. The largest absolute Gasteiger partial charge is 0.480 e. The van der Waals surface area contributed by atoms with Crippen LogP contribution >= 0.6 is 0 Å². The van der Waals surface area contributed by atoms with Crippen LogP contribution in [0.15, 0.2) is 60.7 Å². The molecule has 13 heteroatoms. The summed E-state index contributed by atoms with van der Waals surface area (Å²) in [6, 6.07) is 15.1. The molecule has 13 nitrogen and oxygen atoms in total. The molecule has 56 heavy (non-hydrogen) atoms. The quantitative estimate of drug-likeness (QED) is 0.116. The van der Waals surface area contributed by atoms with Crippen LogP contribution in [0.4, 0.5) is 0 Å². The number of benzene rings is 2. The van der Waals surface area contributed by atoms with Crippen molar-refractivity contribution in [3.8, 4) is 0 Å². The molecule has 1 unspecified atom stereocenters. The van der Waals surface area contributed by atoms with Crippen molar-refractivity contribution in [2.75, 3.05) is 26.2 Å². The van der Waals surface area contributed by atoms with Crippen molar-refractivity contribution < 1.29 is 29.1 Å². The van der Waals surface area contributed by atoms with E-state index in [0.29, 0.717) is 58.2 Å². The zero-order valence-electron chi connectivity index (χ0n) is 33.2. The van der Waals surface area contributed by atoms with Crippen LogP contribution < -0.4 is 27.4 Å². The Morgan fingerprint density at radius 3 is 1.95 bits per heavy atom. The maximum atomic E-state index is 14.1. The van der Waals surface area contributed by atoms with Crippen molar-refractivity contribution >= 4 is 29.6 Å². The average Bonchev–Trinajstić information content (AvgIpc) is 3.67. The van der Waals surface area contributed by atoms with Gasteiger partial charge in [-0.05, 0) is 106 Å². The van der Waals surface area contributed by atoms with E-state index in [2.05, 4.69) is 20.9 Å². The molecule has 2 aromatic rings. The highest BCUT2D eigenvalue weighted by Gasteiger charge is 2.51. The highest BCUT2D eigenvalue weighted by atomic mass is 16.4. The topological polar surface area (TPSA) is 200 Å². The number of likely N-dealkylation sites (tertiary alicyclic amines) is 2. The lowest BCUT2D eigenvalue weighted by Crippen LogP contribution is -2.60. The lowest BCUT2D eigenvalue weighted by molar-refractivity contribution is -0.147. The molecule has 2 saturated heterocycles. The highest BCUT2D eigenvalue weighted by molar-refractivity contribution is 5.95. The van der Waals surface area contributed by atoms with Gasteiger partial charge >= 0.3 is 5.97 Å². The number of nitrogens with zero attached hydrogens (tertiary/aromatic N) is 2. The summed E-state index contributed by atoms with van der Waals surface area (Å²) in [4.78, 5) is 71.3. The second-order valence-corrected chi connectivity index (χ2v) is 16.7. The van der Waals surface area contributed by atoms with E-state index < -0.39 is 53.9 Å². The molecule has 3 aliphatic rings. The number of rotatable bonds is 19. The molecule has 4 amide bonds. The summed E-state index contributed by atoms with van der Waals surface area (Å²) in [7, 11) is 0. The molecule has 5 rings (SSSR count). The van der Waals surface area contributed by atoms with Gasteiger partial charge in [0.1, 0.15) is 24.2 Å². The SMILES string of the molecule is CC(C)CC(NC(=O)[C@@H](Cc1ccccc1)NC(=O)[C@H](N)Cc1ccccc1)C(=O)N[C@H](CCCCN)C(=O)N1CCC2(CC1)CC(N1CCC[C@@H]1C(=O)O)C2. The van der Waals surface area contributed by atoms with Gasteiger partial charge in [0.15, 0.2) is 0 Å². The molecule has 2 aromatic carbocycles. The lowest BCUT2D eigenvalue weighted by atomic mass is 9.60. The van der Waals surface area contributed by atoms with Crippen LogP contribution in [-0.2, 0) is 36.8 Å². The molecule has 1 aliphatic carbocycles. The summed E-state index contributed by atoms with van der Waals surface area (Å²) in [6.07, 6.45) is 7.83. The van der Waals surface area contributed by atoms with Gasteiger partial charge in [0.2, 0.25) is 23.6 Å². The van der Waals surface area contributed by atoms with Crippen LogP contribution in [0.5, 0.6) is 0 Å². The maximum Gasteiger partial charge on any atom is 0.320 e. The molecule has 2 aliphatic heterocycles. The van der Waals surface area contributed by atoms with Gasteiger partial charge in [-0.15, -0.1) is 0 Å². The zero-order chi connectivity index (χ0) is 40.2. The number of carboxylic acids is 1. The van der Waals surface area contributed by atoms with Crippen LogP contribution in [0, 0.1) is 11.3 Å². The van der Waals surface area contributed by atoms with E-state index in [1.165, 1.54) is 0 Å². The number of aliphatic carboxylic acids is 1. The van der Waals surface area contributed by atoms with Crippen LogP contribution in [-0.4, -0.2) is 107 Å². The van der Waals surface area contributed by atoms with E-state index in [1.54, 1.807) is 0 Å². The van der Waals surface area contributed by atoms with Crippen molar-refractivity contribution in [1.82, 2.24) is 25.8 Å². The molecule has 0 aromatic heterocycles. The van der Waals surface area contributed by atoms with Gasteiger partial charge in [0, 0.05) is 25.6 Å². The summed E-state index contributed by atoms with van der Waals surface area (Å²) < 4.78 is 0. The number of hydrogen-bond donors (Lipinski definition) is 6. The monoisotopic (exact) mass is 773 g/mol. The molecular formula is C43H63N7O6. The van der Waals surface area contributed by atoms with Crippen molar-refractivity contribution in [3.05, 3.63) is 71.8 Å². The van der Waals surface area contributed by atoms with Crippen LogP contribution in [0.3, 0.4) is 0 Å². The van der Waals surface area contributed by atoms with Gasteiger partial charge in [0.25, 0.3) is 0 Å². The van der Waals surface area contributed by atoms with Crippen molar-refractivity contribution in [2.45, 2.75) is 127 Å². The summed E-state index contributed by atoms with van der Waals surface area (Å²) in [5.41, 5.74) is 14.0. The fourth-order valence-corrected chi connectivity index (χ4v) is 8.79. The van der Waals surface area contributed by atoms with E-state index in [9.17, 15) is 29.1 Å². The first-order valence-electron chi connectivity index (χ1n) is 20.6. The first kappa shape index (κ1) is 42.8. The number of nitrogens with one attached hydrogen (secondary N) is 3. The minimum atomic E-state index is -0.997. The molecule has 0 bridgehead atoms. The second-order valence-electron chi connectivity index (χ2n) is 16.7. The Morgan fingerprint density at radius 1 is 0.786 bits per heavy atom. The third kappa shape index (κ3) is 11.6. The van der Waals surface area contributed by atoms with Crippen LogP contribution in [0.2, 0.25) is 0 Å². The Labute approximate surface area is 331 Å². The van der Waals surface area contributed by atoms with Crippen molar-refractivity contribution in [2.24, 2.45) is 22.8 Å². The normalized spacial score (nSPS) is 20.4. The first-order valence-corrected chi connectivity index (χ1v) is 20.6. The number of carbonyl (C=O) groups is 5. The second kappa shape index (κ2) is 20.2. The number of piperidine rings is 1. The number of nitrogens with two attached hydrogens (primary N) is 2. The highest BCUT2D eigenvalue weighted by Crippen LogP contribution is 2.52. The number of carboxylic acid groups (broad SMARTS) is 1. The average molecular weight is 774 g/mol. The zero-order valence-corrected chi connectivity index (χ0v) is 33.2. The molecule has 1 spiro atoms. The van der Waals surface area contributed by atoms with Crippen molar-refractivity contribution in [3.63, 3.8) is 0 Å². The smallest absolute Gasteiger partial charge is 0.320 e. The van der Waals surface area contributed by atoms with E-state index in [-0.39, 0.29) is 29.7 Å². The van der Waals surface area contributed by atoms with Crippen LogP contribution in [0.25, 0.3) is 0 Å². The number of carbonyl (C=O) groups excluding carboxylic acids is 4. The Bertz CT molecular complexity index is 1610. The molecule has 8 N–H and O–H groups in total. The minimum absolute atomic E-state index is 0.0369. The van der Waals surface area contributed by atoms with E-state index in [1.807, 2.05) is 79.4 Å². The Balaban J connectivity index is 1.22. The van der Waals surface area contributed by atoms with Gasteiger partial charge in [-0.2, -0.15) is 0 Å². The standard InChI is InChI=1S/C43H63N7O6/c1-29(2)24-35(48-40(53)36(26-31-14-7-4-8-15-31)47-38(51)33(45)25-30-12-5-3-6-13-30)39(52)46-34(16-9-10-20-44)41(54)49-22-18-43(19-23-49)27-32(28-43)50-21-11-17-37(50)42(55)56/h3-8,12-15,29,32-37H,9-11,16-28,44-45H2,1-2H3,(H,46,52)(H,47,51)(H,48,53)(H,55,56)/t33-,34-,35?,36-,37-/m1/s1. The molecule has 2 heterocycles. The molecule has 3 fully saturated rings. The number of amides is 4. The van der Waals surface area contributed by atoms with Gasteiger partial charge < -0.3 is 37.4 Å². The summed E-state index contributed by atoms with van der Waals surface area (Å²) >= 11 is 0. The summed E-state index contributed by atoms with van der Waals surface area (Å²) in [6.45, 7) is 6.38. The van der Waals surface area contributed by atoms with E-state index in [4.69, 9.17) is 11.5 Å². The Morgan fingerprint density at radius 2 is 1.36 bits per heavy atom. The molecule has 0 radical (unpaired) electrons. The fraction of sp³-hybridized carbons (Fsp3) is 0.605. The van der Waals surface area contributed by atoms with Gasteiger partial charge in [-0.25, -0.2) is 0 Å². The van der Waals surface area contributed by atoms with Gasteiger partial charge in [-0.1, -0.05) is 74.5 Å². The van der Waals surface area contributed by atoms with E-state index >= 15 is 0 Å². The Hall–Kier alpha value is -4.33. The molecular weight excluding hydrogens is 711 g/mol. The fourth-order valence-electron chi connectivity index (χ4n) is 8.79. The molecule has 1 saturated carbocycles. The van der Waals surface area contributed by atoms with Crippen LogP contribution in [0.1, 0.15) is 89.2 Å². The summed E-state index contributed by atoms with van der Waals surface area (Å²) in [5, 5.41) is 18.5. The maximum absolute atomic E-state index is 14.1. The lowest BCUT2D eigenvalue weighted by Gasteiger charge is -2.55. The van der Waals surface area contributed by atoms with Gasteiger partial charge in [0.05, 0.1) is 6.04 Å². The first-order chi connectivity index (χ1) is 26.9. The predicted molar refractivity (Wildman–Crippen MR) is 215 cm³/mol. The third-order valence-electron chi connectivity index (χ3n) is 12.0. The number of hydrogen-bond acceptors (Lipinski definition) is 8. The van der Waals surface area contributed by atoms with Crippen molar-refractivity contribution in [1.29, 1.82) is 0 Å². The molecule has 306 valence electrons. The van der Waals surface area contributed by atoms with Gasteiger partial charge in [-0.3, -0.25) is 28.9 Å². The number of unbranched alkanes of at least 4 members (excludes halogenated alkanes) is 1. The third-order valence-corrected chi connectivity index (χ3v) is 12.0. The summed E-state index contributed by atoms with van der Waals surface area (Å²) in [5.74, 6) is -2.26.